The van der Waals surface area contributed by atoms with Gasteiger partial charge in [-0.25, -0.2) is 0 Å². The predicted octanol–water partition coefficient (Wildman–Crippen LogP) is 3.02. The Morgan fingerprint density at radius 1 is 1.70 bits per heavy atom. The summed E-state index contributed by atoms with van der Waals surface area (Å²) >= 11 is 3.41. The van der Waals surface area contributed by atoms with Gasteiger partial charge in [0, 0.05) is 11.2 Å². The van der Waals surface area contributed by atoms with Gasteiger partial charge in [-0.2, -0.15) is 5.26 Å². The van der Waals surface area contributed by atoms with Crippen molar-refractivity contribution in [1.82, 2.24) is 0 Å². The van der Waals surface area contributed by atoms with Crippen molar-refractivity contribution in [1.29, 1.82) is 5.26 Å². The van der Waals surface area contributed by atoms with Gasteiger partial charge in [0.2, 0.25) is 0 Å². The summed E-state index contributed by atoms with van der Waals surface area (Å²) in [6.45, 7) is 3.62. The maximum atomic E-state index is 8.29. The van der Waals surface area contributed by atoms with Gasteiger partial charge in [0.05, 0.1) is 6.07 Å². The minimum absolute atomic E-state index is 0.373. The average molecular weight is 202 g/mol. The zero-order valence-corrected chi connectivity index (χ0v) is 7.60. The number of unbranched alkanes of at least 4 members (excludes halogenated alkanes) is 1. The van der Waals surface area contributed by atoms with Gasteiger partial charge in [0.1, 0.15) is 0 Å². The van der Waals surface area contributed by atoms with Crippen LogP contribution >= 0.6 is 15.9 Å². The molecule has 0 spiro atoms. The van der Waals surface area contributed by atoms with E-state index in [2.05, 4.69) is 28.6 Å². The molecule has 10 heavy (non-hydrogen) atoms. The van der Waals surface area contributed by atoms with Crippen molar-refractivity contribution < 1.29 is 0 Å². The number of nitrogens with zero attached hydrogens (tertiary/aromatic N) is 1. The molecule has 56 valence electrons. The molecule has 0 saturated carbocycles. The molecule has 0 N–H and O–H groups in total. The van der Waals surface area contributed by atoms with Gasteiger partial charge >= 0.3 is 0 Å². The van der Waals surface area contributed by atoms with Crippen molar-refractivity contribution in [3.63, 3.8) is 0 Å². The standard InChI is InChI=1S/C8H12BrN/c1-2-3-4-5-8(9)6-7-10/h2,8H,1,3-6H2. The molecule has 0 aromatic carbocycles. The molecule has 0 heterocycles. The Labute approximate surface area is 70.9 Å². The highest BCUT2D eigenvalue weighted by Crippen LogP contribution is 2.12. The summed E-state index contributed by atoms with van der Waals surface area (Å²) in [5.74, 6) is 0. The molecule has 1 nitrogen and oxygen atoms in total. The molecule has 0 aliphatic rings. The first-order valence-corrected chi connectivity index (χ1v) is 4.34. The van der Waals surface area contributed by atoms with Gasteiger partial charge in [-0.15, -0.1) is 6.58 Å². The largest absolute Gasteiger partial charge is 0.198 e. The minimum atomic E-state index is 0.373. The fourth-order valence-electron chi connectivity index (χ4n) is 0.685. The third-order valence-electron chi connectivity index (χ3n) is 1.24. The van der Waals surface area contributed by atoms with E-state index in [0.717, 1.165) is 19.3 Å². The van der Waals surface area contributed by atoms with Crippen LogP contribution in [0.15, 0.2) is 12.7 Å². The number of alkyl halides is 1. The molecule has 0 aromatic rings. The summed E-state index contributed by atoms with van der Waals surface area (Å²) in [5.41, 5.74) is 0. The molecule has 0 aliphatic heterocycles. The predicted molar refractivity (Wildman–Crippen MR) is 47.0 cm³/mol. The van der Waals surface area contributed by atoms with Crippen molar-refractivity contribution in [2.45, 2.75) is 30.5 Å². The summed E-state index contributed by atoms with van der Waals surface area (Å²) < 4.78 is 0. The highest BCUT2D eigenvalue weighted by molar-refractivity contribution is 9.09. The maximum absolute atomic E-state index is 8.29. The second-order valence-corrected chi connectivity index (χ2v) is 3.47. The molecule has 0 fully saturated rings. The van der Waals surface area contributed by atoms with Crippen LogP contribution < -0.4 is 0 Å². The van der Waals surface area contributed by atoms with Crippen molar-refractivity contribution in [2.24, 2.45) is 0 Å². The van der Waals surface area contributed by atoms with Crippen LogP contribution in [-0.4, -0.2) is 4.83 Å². The summed E-state index contributed by atoms with van der Waals surface area (Å²) in [5, 5.41) is 8.29. The zero-order valence-electron chi connectivity index (χ0n) is 6.02. The van der Waals surface area contributed by atoms with E-state index in [1.54, 1.807) is 0 Å². The summed E-state index contributed by atoms with van der Waals surface area (Å²) in [7, 11) is 0. The van der Waals surface area contributed by atoms with Crippen LogP contribution in [0.1, 0.15) is 25.7 Å². The lowest BCUT2D eigenvalue weighted by molar-refractivity contribution is 0.723. The molecular weight excluding hydrogens is 190 g/mol. The van der Waals surface area contributed by atoms with Gasteiger partial charge in [0.25, 0.3) is 0 Å². The molecule has 0 bridgehead atoms. The van der Waals surface area contributed by atoms with Crippen LogP contribution in [0.2, 0.25) is 0 Å². The second-order valence-electron chi connectivity index (χ2n) is 2.18. The first kappa shape index (κ1) is 9.71. The van der Waals surface area contributed by atoms with E-state index in [9.17, 15) is 0 Å². The van der Waals surface area contributed by atoms with Crippen LogP contribution in [0.5, 0.6) is 0 Å². The first-order chi connectivity index (χ1) is 4.81. The van der Waals surface area contributed by atoms with E-state index in [0.29, 0.717) is 11.2 Å². The molecule has 0 amide bonds. The minimum Gasteiger partial charge on any atom is -0.198 e. The maximum Gasteiger partial charge on any atom is 0.0633 e. The smallest absolute Gasteiger partial charge is 0.0633 e. The van der Waals surface area contributed by atoms with Crippen molar-refractivity contribution in [3.05, 3.63) is 12.7 Å². The third kappa shape index (κ3) is 5.84. The van der Waals surface area contributed by atoms with Crippen LogP contribution in [0.3, 0.4) is 0 Å². The summed E-state index contributed by atoms with van der Waals surface area (Å²) in [4.78, 5) is 0.373. The Bertz CT molecular complexity index is 126. The van der Waals surface area contributed by atoms with Crippen molar-refractivity contribution in [2.75, 3.05) is 0 Å². The molecule has 1 atom stereocenters. The van der Waals surface area contributed by atoms with Gasteiger partial charge in [-0.05, 0) is 19.3 Å². The molecule has 0 saturated heterocycles. The van der Waals surface area contributed by atoms with Crippen molar-refractivity contribution in [3.8, 4) is 6.07 Å². The summed E-state index contributed by atoms with van der Waals surface area (Å²) in [6.07, 6.45) is 5.76. The van der Waals surface area contributed by atoms with Crippen LogP contribution in [0.4, 0.5) is 0 Å². The third-order valence-corrected chi connectivity index (χ3v) is 2.02. The lowest BCUT2D eigenvalue weighted by atomic mass is 10.1. The second kappa shape index (κ2) is 6.82. The molecule has 0 aliphatic carbocycles. The Kier molecular flexibility index (Phi) is 6.63. The molecule has 0 rings (SSSR count). The highest BCUT2D eigenvalue weighted by Gasteiger charge is 2.00. The number of rotatable bonds is 5. The summed E-state index contributed by atoms with van der Waals surface area (Å²) in [6, 6.07) is 2.12. The fraction of sp³-hybridized carbons (Fsp3) is 0.625. The lowest BCUT2D eigenvalue weighted by Gasteiger charge is -2.01. The van der Waals surface area contributed by atoms with Crippen LogP contribution in [0, 0.1) is 11.3 Å². The number of allylic oxidation sites excluding steroid dienone is 1. The molecule has 0 aromatic heterocycles. The zero-order chi connectivity index (χ0) is 7.82. The quantitative estimate of drug-likeness (QED) is 0.382. The number of hydrogen-bond donors (Lipinski definition) is 0. The monoisotopic (exact) mass is 201 g/mol. The van der Waals surface area contributed by atoms with Gasteiger partial charge in [-0.3, -0.25) is 0 Å². The topological polar surface area (TPSA) is 23.8 Å². The van der Waals surface area contributed by atoms with E-state index in [-0.39, 0.29) is 0 Å². The molecule has 1 unspecified atom stereocenters. The molecule has 2 heteroatoms. The van der Waals surface area contributed by atoms with Crippen molar-refractivity contribution >= 4 is 15.9 Å². The van der Waals surface area contributed by atoms with E-state index in [1.807, 2.05) is 6.08 Å². The number of hydrogen-bond acceptors (Lipinski definition) is 1. The average Bonchev–Trinajstić information content (AvgIpc) is 1.89. The van der Waals surface area contributed by atoms with Gasteiger partial charge < -0.3 is 0 Å². The molecule has 0 radical (unpaired) electrons. The Hall–Kier alpha value is -0.290. The SMILES string of the molecule is C=CCCCC(Br)CC#N. The van der Waals surface area contributed by atoms with Crippen LogP contribution in [0.25, 0.3) is 0 Å². The lowest BCUT2D eigenvalue weighted by Crippen LogP contribution is -1.94. The van der Waals surface area contributed by atoms with E-state index in [1.165, 1.54) is 0 Å². The fourth-order valence-corrected chi connectivity index (χ4v) is 1.15. The van der Waals surface area contributed by atoms with E-state index >= 15 is 0 Å². The van der Waals surface area contributed by atoms with Gasteiger partial charge in [0.15, 0.2) is 0 Å². The Morgan fingerprint density at radius 2 is 2.40 bits per heavy atom. The van der Waals surface area contributed by atoms with E-state index < -0.39 is 0 Å². The number of nitriles is 1. The molecular formula is C8H12BrN. The highest BCUT2D eigenvalue weighted by atomic mass is 79.9. The number of halogens is 1. The van der Waals surface area contributed by atoms with Crippen LogP contribution in [-0.2, 0) is 0 Å². The Morgan fingerprint density at radius 3 is 2.90 bits per heavy atom. The Balaban J connectivity index is 3.14. The normalized spacial score (nSPS) is 12.0. The first-order valence-electron chi connectivity index (χ1n) is 3.43. The van der Waals surface area contributed by atoms with E-state index in [4.69, 9.17) is 5.26 Å². The van der Waals surface area contributed by atoms with Gasteiger partial charge in [-0.1, -0.05) is 22.0 Å².